The molecule has 0 saturated heterocycles. The van der Waals surface area contributed by atoms with Crippen LogP contribution in [0.2, 0.25) is 0 Å². The van der Waals surface area contributed by atoms with Crippen molar-refractivity contribution in [2.24, 2.45) is 0 Å². The molecule has 47 heavy (non-hydrogen) atoms. The molecule has 0 fully saturated rings. The number of benzene rings is 1. The molecule has 4 amide bonds. The molecule has 3 aromatic rings. The summed E-state index contributed by atoms with van der Waals surface area (Å²) in [4.78, 5) is 59.4. The maximum atomic E-state index is 12.8. The number of likely N-dealkylation sites (N-methyl/N-ethyl adjacent to an activating group) is 1. The highest BCUT2D eigenvalue weighted by molar-refractivity contribution is 7.99. The summed E-state index contributed by atoms with van der Waals surface area (Å²) in [7, 11) is 1.47. The van der Waals surface area contributed by atoms with Gasteiger partial charge in [0.15, 0.2) is 0 Å². The van der Waals surface area contributed by atoms with Crippen LogP contribution >= 0.6 is 23.5 Å². The molecule has 14 heteroatoms. The van der Waals surface area contributed by atoms with Crippen molar-refractivity contribution in [3.63, 3.8) is 0 Å². The molecule has 4 rings (SSSR count). The van der Waals surface area contributed by atoms with Crippen LogP contribution in [0, 0.1) is 0 Å². The normalized spacial score (nSPS) is 11.9. The Balaban J connectivity index is 1.17. The summed E-state index contributed by atoms with van der Waals surface area (Å²) in [6.07, 6.45) is 0.0820. The van der Waals surface area contributed by atoms with Gasteiger partial charge in [0.2, 0.25) is 17.7 Å². The predicted octanol–water partition coefficient (Wildman–Crippen LogP) is 2.78. The van der Waals surface area contributed by atoms with Crippen molar-refractivity contribution in [2.75, 3.05) is 53.1 Å². The van der Waals surface area contributed by atoms with Crippen molar-refractivity contribution in [3.05, 3.63) is 83.7 Å². The second-order valence-corrected chi connectivity index (χ2v) is 12.2. The first-order chi connectivity index (χ1) is 22.9. The van der Waals surface area contributed by atoms with E-state index in [2.05, 4.69) is 45.5 Å². The summed E-state index contributed by atoms with van der Waals surface area (Å²) in [6.45, 7) is 0.975. The molecular formula is C33H38N6O6S2. The molecule has 2 aromatic carbocycles. The number of fused-ring (bicyclic) bond motifs is 5. The summed E-state index contributed by atoms with van der Waals surface area (Å²) in [5.74, 6) is 0.00663. The van der Waals surface area contributed by atoms with Gasteiger partial charge in [-0.2, -0.15) is 0 Å². The second kappa shape index (κ2) is 19.4. The minimum atomic E-state index is -0.459. The molecule has 0 atom stereocenters. The molecule has 4 N–H and O–H groups in total. The van der Waals surface area contributed by atoms with Crippen molar-refractivity contribution in [2.45, 2.75) is 27.7 Å². The molecule has 2 bridgehead atoms. The van der Waals surface area contributed by atoms with Crippen molar-refractivity contribution in [3.8, 4) is 0 Å². The molecule has 1 aliphatic rings. The monoisotopic (exact) mass is 678 g/mol. The van der Waals surface area contributed by atoms with Crippen LogP contribution < -0.4 is 21.3 Å². The Morgan fingerprint density at radius 1 is 0.681 bits per heavy atom. The van der Waals surface area contributed by atoms with E-state index in [1.54, 1.807) is 35.7 Å². The van der Waals surface area contributed by atoms with E-state index in [4.69, 9.17) is 19.4 Å². The molecule has 0 spiro atoms. The van der Waals surface area contributed by atoms with Crippen molar-refractivity contribution in [1.29, 1.82) is 0 Å². The van der Waals surface area contributed by atoms with Gasteiger partial charge < -0.3 is 30.7 Å². The zero-order chi connectivity index (χ0) is 33.3. The van der Waals surface area contributed by atoms with E-state index >= 15 is 0 Å². The molecule has 1 aliphatic heterocycles. The van der Waals surface area contributed by atoms with E-state index in [-0.39, 0.29) is 50.4 Å². The number of aromatic nitrogens is 2. The van der Waals surface area contributed by atoms with Crippen LogP contribution in [-0.2, 0) is 35.4 Å². The second-order valence-electron chi connectivity index (χ2n) is 10.1. The first-order valence-corrected chi connectivity index (χ1v) is 17.0. The van der Waals surface area contributed by atoms with Gasteiger partial charge in [-0.3, -0.25) is 19.2 Å². The van der Waals surface area contributed by atoms with Crippen LogP contribution in [0.3, 0.4) is 0 Å². The number of rotatable bonds is 14. The number of thioether (sulfide) groups is 2. The molecule has 0 radical (unpaired) electrons. The predicted molar refractivity (Wildman–Crippen MR) is 181 cm³/mol. The number of ether oxygens (including phenoxy) is 2. The van der Waals surface area contributed by atoms with Gasteiger partial charge in [-0.1, -0.05) is 24.3 Å². The third-order valence-corrected chi connectivity index (χ3v) is 8.69. The Hall–Kier alpha value is -4.24. The van der Waals surface area contributed by atoms with Crippen LogP contribution in [0.1, 0.15) is 28.2 Å². The number of nitrogens with zero attached hydrogens (tertiary/aromatic N) is 2. The van der Waals surface area contributed by atoms with E-state index < -0.39 is 5.91 Å². The topological polar surface area (TPSA) is 161 Å². The van der Waals surface area contributed by atoms with E-state index in [1.807, 2.05) is 30.3 Å². The van der Waals surface area contributed by atoms with Crippen molar-refractivity contribution >= 4 is 58.2 Å². The SMILES string of the molecule is CNC(=O)CNC(=O)CNC(=O)CCOCCOCCNC(=O)c1ccc2nc3c(nc2c1)CSc1ccccccc(cc1)SC3. The van der Waals surface area contributed by atoms with Gasteiger partial charge in [0, 0.05) is 46.9 Å². The van der Waals surface area contributed by atoms with E-state index in [9.17, 15) is 19.2 Å². The third kappa shape index (κ3) is 12.5. The number of hydrogen-bond acceptors (Lipinski definition) is 10. The number of hydrogen-bond donors (Lipinski definition) is 4. The third-order valence-electron chi connectivity index (χ3n) is 6.65. The Kier molecular flexibility index (Phi) is 14.7. The molecule has 0 aliphatic carbocycles. The average molecular weight is 679 g/mol. The number of nitrogens with one attached hydrogen (secondary N) is 4. The highest BCUT2D eigenvalue weighted by Crippen LogP contribution is 2.30. The van der Waals surface area contributed by atoms with Crippen LogP contribution in [0.15, 0.2) is 76.5 Å². The average Bonchev–Trinajstić information content (AvgIpc) is 3.09. The van der Waals surface area contributed by atoms with Gasteiger partial charge in [0.25, 0.3) is 5.91 Å². The zero-order valence-electron chi connectivity index (χ0n) is 26.1. The summed E-state index contributed by atoms with van der Waals surface area (Å²) in [6, 6.07) is 21.9. The molecule has 0 unspecified atom stereocenters. The van der Waals surface area contributed by atoms with Crippen LogP contribution in [-0.4, -0.2) is 86.7 Å². The fourth-order valence-corrected chi connectivity index (χ4v) is 5.87. The molecule has 1 aromatic heterocycles. The minimum Gasteiger partial charge on any atom is -0.379 e. The Bertz CT molecular complexity index is 1620. The van der Waals surface area contributed by atoms with Crippen LogP contribution in [0.5, 0.6) is 0 Å². The van der Waals surface area contributed by atoms with Gasteiger partial charge in [0.05, 0.1) is 61.9 Å². The lowest BCUT2D eigenvalue weighted by Crippen LogP contribution is -2.41. The maximum absolute atomic E-state index is 12.8. The Morgan fingerprint density at radius 3 is 1.98 bits per heavy atom. The van der Waals surface area contributed by atoms with Gasteiger partial charge in [-0.05, 0) is 42.5 Å². The van der Waals surface area contributed by atoms with Crippen LogP contribution in [0.4, 0.5) is 0 Å². The number of carbonyl (C=O) groups is 4. The van der Waals surface area contributed by atoms with Crippen LogP contribution in [0.25, 0.3) is 11.0 Å². The largest absolute Gasteiger partial charge is 0.379 e. The van der Waals surface area contributed by atoms with Gasteiger partial charge in [-0.15, -0.1) is 23.5 Å². The minimum absolute atomic E-state index is 0.0820. The van der Waals surface area contributed by atoms with E-state index in [1.165, 1.54) is 7.05 Å². The lowest BCUT2D eigenvalue weighted by atomic mass is 10.1. The molecule has 12 nitrogen and oxygen atoms in total. The first kappa shape index (κ1) is 35.6. The molecule has 2 heterocycles. The van der Waals surface area contributed by atoms with Crippen molar-refractivity contribution < 1.29 is 28.7 Å². The number of carbonyl (C=O) groups excluding carboxylic acids is 4. The molecule has 0 saturated carbocycles. The fourth-order valence-electron chi connectivity index (χ4n) is 4.12. The fraction of sp³-hybridized carbons (Fsp3) is 0.333. The smallest absolute Gasteiger partial charge is 0.251 e. The lowest BCUT2D eigenvalue weighted by molar-refractivity contribution is -0.128. The highest BCUT2D eigenvalue weighted by atomic mass is 32.2. The lowest BCUT2D eigenvalue weighted by Gasteiger charge is -2.12. The maximum Gasteiger partial charge on any atom is 0.251 e. The van der Waals surface area contributed by atoms with E-state index in [0.717, 1.165) is 26.7 Å². The summed E-state index contributed by atoms with van der Waals surface area (Å²) in [5, 5.41) is 10.1. The quantitative estimate of drug-likeness (QED) is 0.187. The van der Waals surface area contributed by atoms with Crippen molar-refractivity contribution in [1.82, 2.24) is 31.2 Å². The molecular weight excluding hydrogens is 641 g/mol. The zero-order valence-corrected chi connectivity index (χ0v) is 27.7. The van der Waals surface area contributed by atoms with E-state index in [0.29, 0.717) is 42.3 Å². The summed E-state index contributed by atoms with van der Waals surface area (Å²) >= 11 is 3.42. The number of amides is 4. The summed E-state index contributed by atoms with van der Waals surface area (Å²) in [5.41, 5.74) is 3.75. The highest BCUT2D eigenvalue weighted by Gasteiger charge is 2.14. The van der Waals surface area contributed by atoms with Gasteiger partial charge in [-0.25, -0.2) is 9.97 Å². The summed E-state index contributed by atoms with van der Waals surface area (Å²) < 4.78 is 10.9. The Morgan fingerprint density at radius 2 is 1.30 bits per heavy atom. The first-order valence-electron chi connectivity index (χ1n) is 15.1. The standard InChI is InChI=1S/C33H38N6O6S2/c1-34-31(41)19-37-32(42)20-36-30(40)12-14-44-16-17-45-15-13-35-33(43)23-8-11-26-27(18-23)39-29-22-47-25-7-5-3-2-4-6-24(9-10-25)46-21-28(29)38-26/h2-11,18H,12-17,19-22H2,1H3,(H,34,41)(H,35,43)(H,36,40)(H,37,42). The molecule has 248 valence electrons. The van der Waals surface area contributed by atoms with Gasteiger partial charge in [0.1, 0.15) is 0 Å². The Labute approximate surface area is 281 Å². The van der Waals surface area contributed by atoms with Gasteiger partial charge >= 0.3 is 0 Å².